The summed E-state index contributed by atoms with van der Waals surface area (Å²) >= 11 is 0. The fraction of sp³-hybridized carbons (Fsp3) is 0.143. The molecule has 9 heavy (non-hydrogen) atoms. The maximum atomic E-state index is 8.92. The monoisotopic (exact) mass is 142 g/mol. The first-order valence-electron chi connectivity index (χ1n) is 2.55. The molecule has 0 bridgehead atoms. The molecule has 1 unspecified atom stereocenters. The molecule has 0 heterocycles. The smallest absolute Gasteiger partial charge is 0.118 e. The molecule has 1 atom stereocenters. The Hall–Kier alpha value is -0.550. The molecule has 0 aliphatic carbocycles. The summed E-state index contributed by atoms with van der Waals surface area (Å²) in [6.07, 6.45) is 0. The molecular formula is C7H11OP. The van der Waals surface area contributed by atoms with Gasteiger partial charge in [0, 0.05) is 0 Å². The van der Waals surface area contributed by atoms with Crippen LogP contribution in [0.1, 0.15) is 5.56 Å². The highest BCUT2D eigenvalue weighted by atomic mass is 31.0. The number of para-hydroxylation sites is 1. The van der Waals surface area contributed by atoms with Crippen molar-refractivity contribution in [3.8, 4) is 5.75 Å². The van der Waals surface area contributed by atoms with Crippen LogP contribution in [-0.2, 0) is 0 Å². The van der Waals surface area contributed by atoms with Crippen molar-refractivity contribution in [3.63, 3.8) is 0 Å². The van der Waals surface area contributed by atoms with Gasteiger partial charge in [0.25, 0.3) is 0 Å². The Bertz CT molecular complexity index is 165. The molecule has 1 aromatic rings. The lowest BCUT2D eigenvalue weighted by Crippen LogP contribution is -1.68. The summed E-state index contributed by atoms with van der Waals surface area (Å²) in [6.45, 7) is 1.87. The first kappa shape index (κ1) is 8.45. The second-order valence-corrected chi connectivity index (χ2v) is 1.79. The van der Waals surface area contributed by atoms with Gasteiger partial charge in [-0.2, -0.15) is 9.90 Å². The molecule has 1 rings (SSSR count). The van der Waals surface area contributed by atoms with Gasteiger partial charge in [-0.15, -0.1) is 0 Å². The minimum atomic E-state index is 0. The molecule has 0 radical (unpaired) electrons. The van der Waals surface area contributed by atoms with Crippen LogP contribution in [0.25, 0.3) is 0 Å². The number of aromatic hydroxyl groups is 1. The zero-order valence-electron chi connectivity index (χ0n) is 5.46. The number of benzene rings is 1. The van der Waals surface area contributed by atoms with E-state index in [2.05, 4.69) is 0 Å². The van der Waals surface area contributed by atoms with Gasteiger partial charge in [0.1, 0.15) is 5.75 Å². The highest BCUT2D eigenvalue weighted by Gasteiger charge is 1.86. The molecule has 0 spiro atoms. The fourth-order valence-corrected chi connectivity index (χ4v) is 0.563. The van der Waals surface area contributed by atoms with Gasteiger partial charge < -0.3 is 5.11 Å². The topological polar surface area (TPSA) is 20.2 Å². The Morgan fingerprint density at radius 1 is 1.22 bits per heavy atom. The van der Waals surface area contributed by atoms with Crippen LogP contribution in [0.3, 0.4) is 0 Å². The Labute approximate surface area is 58.3 Å². The molecule has 0 aromatic heterocycles. The van der Waals surface area contributed by atoms with Crippen LogP contribution in [0.4, 0.5) is 0 Å². The van der Waals surface area contributed by atoms with Crippen LogP contribution in [0.15, 0.2) is 24.3 Å². The molecule has 1 aromatic carbocycles. The average molecular weight is 142 g/mol. The fourth-order valence-electron chi connectivity index (χ4n) is 0.563. The van der Waals surface area contributed by atoms with Crippen molar-refractivity contribution in [2.24, 2.45) is 0 Å². The van der Waals surface area contributed by atoms with Crippen molar-refractivity contribution in [2.45, 2.75) is 6.92 Å². The largest absolute Gasteiger partial charge is 0.508 e. The summed E-state index contributed by atoms with van der Waals surface area (Å²) in [5.41, 5.74) is 0.924. The standard InChI is InChI=1S/C7H8O.H3P/c1-6-4-2-3-5-7(6)8;/h2-5,8H,1H3;1H3. The molecule has 0 saturated carbocycles. The van der Waals surface area contributed by atoms with Crippen molar-refractivity contribution < 1.29 is 5.11 Å². The third-order valence-corrected chi connectivity index (χ3v) is 1.12. The third-order valence-electron chi connectivity index (χ3n) is 1.12. The molecule has 0 amide bonds. The Balaban J connectivity index is 0.000000640. The molecule has 0 fully saturated rings. The van der Waals surface area contributed by atoms with E-state index < -0.39 is 0 Å². The summed E-state index contributed by atoms with van der Waals surface area (Å²) in [6, 6.07) is 7.25. The van der Waals surface area contributed by atoms with Crippen molar-refractivity contribution in [1.29, 1.82) is 0 Å². The van der Waals surface area contributed by atoms with Gasteiger partial charge in [-0.25, -0.2) is 0 Å². The van der Waals surface area contributed by atoms with Gasteiger partial charge in [-0.1, -0.05) is 18.2 Å². The SMILES string of the molecule is Cc1ccccc1O.P. The summed E-state index contributed by atoms with van der Waals surface area (Å²) in [5.74, 6) is 0.368. The van der Waals surface area contributed by atoms with E-state index in [0.717, 1.165) is 5.56 Å². The van der Waals surface area contributed by atoms with Gasteiger partial charge >= 0.3 is 0 Å². The van der Waals surface area contributed by atoms with Crippen molar-refractivity contribution in [1.82, 2.24) is 0 Å². The van der Waals surface area contributed by atoms with E-state index in [4.69, 9.17) is 5.11 Å². The lowest BCUT2D eigenvalue weighted by Gasteiger charge is -1.92. The summed E-state index contributed by atoms with van der Waals surface area (Å²) < 4.78 is 0. The third kappa shape index (κ3) is 2.03. The molecule has 1 nitrogen and oxygen atoms in total. The van der Waals surface area contributed by atoms with E-state index in [1.54, 1.807) is 6.07 Å². The van der Waals surface area contributed by atoms with Crippen LogP contribution < -0.4 is 0 Å². The zero-order chi connectivity index (χ0) is 5.98. The maximum Gasteiger partial charge on any atom is 0.118 e. The predicted molar refractivity (Wildman–Crippen MR) is 43.9 cm³/mol. The molecule has 0 aliphatic rings. The van der Waals surface area contributed by atoms with Gasteiger partial charge in [0.2, 0.25) is 0 Å². The molecular weight excluding hydrogens is 131 g/mol. The van der Waals surface area contributed by atoms with Crippen molar-refractivity contribution in [2.75, 3.05) is 0 Å². The second-order valence-electron chi connectivity index (χ2n) is 1.79. The van der Waals surface area contributed by atoms with E-state index in [9.17, 15) is 0 Å². The van der Waals surface area contributed by atoms with E-state index >= 15 is 0 Å². The molecule has 50 valence electrons. The second kappa shape index (κ2) is 3.47. The number of rotatable bonds is 0. The van der Waals surface area contributed by atoms with Gasteiger partial charge in [0.05, 0.1) is 0 Å². The molecule has 1 N–H and O–H groups in total. The minimum absolute atomic E-state index is 0. The molecule has 2 heteroatoms. The molecule has 0 aliphatic heterocycles. The first-order chi connectivity index (χ1) is 3.80. The quantitative estimate of drug-likeness (QED) is 0.547. The van der Waals surface area contributed by atoms with Crippen LogP contribution in [0, 0.1) is 6.92 Å². The van der Waals surface area contributed by atoms with E-state index in [-0.39, 0.29) is 9.90 Å². The summed E-state index contributed by atoms with van der Waals surface area (Å²) in [5, 5.41) is 8.92. The summed E-state index contributed by atoms with van der Waals surface area (Å²) in [4.78, 5) is 0. The average Bonchev–Trinajstić information content (AvgIpc) is 1.77. The maximum absolute atomic E-state index is 8.92. The van der Waals surface area contributed by atoms with Crippen LogP contribution >= 0.6 is 9.90 Å². The van der Waals surface area contributed by atoms with Gasteiger partial charge in [0.15, 0.2) is 0 Å². The van der Waals surface area contributed by atoms with Crippen molar-refractivity contribution >= 4 is 9.90 Å². The van der Waals surface area contributed by atoms with Crippen LogP contribution in [0.5, 0.6) is 5.75 Å². The highest BCUT2D eigenvalue weighted by Crippen LogP contribution is 2.12. The first-order valence-corrected chi connectivity index (χ1v) is 2.55. The lowest BCUT2D eigenvalue weighted by atomic mass is 10.2. The van der Waals surface area contributed by atoms with Gasteiger partial charge in [-0.05, 0) is 18.6 Å². The van der Waals surface area contributed by atoms with Crippen LogP contribution in [-0.4, -0.2) is 5.11 Å². The Morgan fingerprint density at radius 2 is 1.78 bits per heavy atom. The Kier molecular flexibility index (Phi) is 3.26. The summed E-state index contributed by atoms with van der Waals surface area (Å²) in [7, 11) is 0. The van der Waals surface area contributed by atoms with E-state index in [1.807, 2.05) is 25.1 Å². The Morgan fingerprint density at radius 3 is 2.11 bits per heavy atom. The van der Waals surface area contributed by atoms with Crippen LogP contribution in [0.2, 0.25) is 0 Å². The zero-order valence-corrected chi connectivity index (χ0v) is 6.88. The highest BCUT2D eigenvalue weighted by molar-refractivity contribution is 6.92. The van der Waals surface area contributed by atoms with Crippen molar-refractivity contribution in [3.05, 3.63) is 29.8 Å². The van der Waals surface area contributed by atoms with E-state index in [0.29, 0.717) is 5.75 Å². The number of phenolic OH excluding ortho intramolecular Hbond substituents is 1. The van der Waals surface area contributed by atoms with Gasteiger partial charge in [-0.3, -0.25) is 0 Å². The minimum Gasteiger partial charge on any atom is -0.508 e. The number of aryl methyl sites for hydroxylation is 1. The van der Waals surface area contributed by atoms with E-state index in [1.165, 1.54) is 0 Å². The number of phenols is 1. The number of hydrogen-bond acceptors (Lipinski definition) is 1. The normalized spacial score (nSPS) is 8.11. The number of hydrogen-bond donors (Lipinski definition) is 1. The molecule has 0 saturated heterocycles. The lowest BCUT2D eigenvalue weighted by molar-refractivity contribution is 0.471. The predicted octanol–water partition coefficient (Wildman–Crippen LogP) is 1.76.